The molecule has 29 heavy (non-hydrogen) atoms. The first-order valence-corrected chi connectivity index (χ1v) is 9.66. The Labute approximate surface area is 171 Å². The third-order valence-corrected chi connectivity index (χ3v) is 5.10. The lowest BCUT2D eigenvalue weighted by Gasteiger charge is -2.08. The second-order valence-corrected chi connectivity index (χ2v) is 6.99. The average Bonchev–Trinajstić information content (AvgIpc) is 3.44. The van der Waals surface area contributed by atoms with Gasteiger partial charge in [-0.1, -0.05) is 6.07 Å². The number of nitrogens with one attached hydrogen (secondary N) is 1. The summed E-state index contributed by atoms with van der Waals surface area (Å²) in [5.41, 5.74) is 2.04. The van der Waals surface area contributed by atoms with Crippen LogP contribution >= 0.6 is 11.3 Å². The Kier molecular flexibility index (Phi) is 5.26. The van der Waals surface area contributed by atoms with Crippen LogP contribution in [0.4, 0.5) is 5.69 Å². The van der Waals surface area contributed by atoms with Crippen LogP contribution in [0.1, 0.15) is 10.4 Å². The van der Waals surface area contributed by atoms with Crippen molar-refractivity contribution in [3.63, 3.8) is 0 Å². The first-order chi connectivity index (χ1) is 14.2. The van der Waals surface area contributed by atoms with Gasteiger partial charge in [0.15, 0.2) is 5.82 Å². The first-order valence-electron chi connectivity index (χ1n) is 8.78. The Hall–Kier alpha value is -3.65. The smallest absolute Gasteiger partial charge is 0.336 e. The number of rotatable bonds is 6. The van der Waals surface area contributed by atoms with Crippen LogP contribution in [0, 0.1) is 0 Å². The molecule has 8 heteroatoms. The summed E-state index contributed by atoms with van der Waals surface area (Å²) in [5, 5.41) is 9.27. The van der Waals surface area contributed by atoms with E-state index in [0.717, 1.165) is 10.6 Å². The predicted octanol–water partition coefficient (Wildman–Crippen LogP) is 4.27. The van der Waals surface area contributed by atoms with E-state index in [9.17, 15) is 4.79 Å². The lowest BCUT2D eigenvalue weighted by Crippen LogP contribution is -2.11. The van der Waals surface area contributed by atoms with E-state index in [0.29, 0.717) is 28.8 Å². The fourth-order valence-corrected chi connectivity index (χ4v) is 3.45. The molecular formula is C21H18N4O3S. The maximum atomic E-state index is 12.4. The highest BCUT2D eigenvalue weighted by Gasteiger charge is 2.15. The zero-order valence-electron chi connectivity index (χ0n) is 15.8. The van der Waals surface area contributed by atoms with Gasteiger partial charge < -0.3 is 14.8 Å². The number of ether oxygens (including phenoxy) is 2. The number of carbonyl (C=O) groups is 1. The fraction of sp³-hybridized carbons (Fsp3) is 0.0952. The molecule has 0 aliphatic rings. The van der Waals surface area contributed by atoms with E-state index in [4.69, 9.17) is 9.47 Å². The Morgan fingerprint density at radius 3 is 2.38 bits per heavy atom. The molecule has 0 saturated carbocycles. The summed E-state index contributed by atoms with van der Waals surface area (Å²) in [6.07, 6.45) is 0. The summed E-state index contributed by atoms with van der Waals surface area (Å²) in [7, 11) is 3.13. The third kappa shape index (κ3) is 3.97. The van der Waals surface area contributed by atoms with Crippen molar-refractivity contribution in [1.82, 2.24) is 14.8 Å². The highest BCUT2D eigenvalue weighted by Crippen LogP contribution is 2.27. The monoisotopic (exact) mass is 406 g/mol. The predicted molar refractivity (Wildman–Crippen MR) is 112 cm³/mol. The summed E-state index contributed by atoms with van der Waals surface area (Å²) >= 11 is 1.58. The highest BCUT2D eigenvalue weighted by atomic mass is 32.1. The SMILES string of the molecule is COc1ccc(C(=O)Nc2ccc(-n3nc(OC)nc3-c3cccs3)cc2)cc1. The zero-order chi connectivity index (χ0) is 20.2. The van der Waals surface area contributed by atoms with Crippen molar-refractivity contribution in [3.8, 4) is 28.1 Å². The number of nitrogens with zero attached hydrogens (tertiary/aromatic N) is 3. The standard InChI is InChI=1S/C21H18N4O3S/c1-27-17-11-5-14(6-12-17)20(26)22-15-7-9-16(10-8-15)25-19(18-4-3-13-29-18)23-21(24-25)28-2/h3-13H,1-2H3,(H,22,26). The zero-order valence-corrected chi connectivity index (χ0v) is 16.6. The molecule has 2 aromatic heterocycles. The van der Waals surface area contributed by atoms with Gasteiger partial charge >= 0.3 is 6.01 Å². The van der Waals surface area contributed by atoms with E-state index in [1.165, 1.54) is 7.11 Å². The summed E-state index contributed by atoms with van der Waals surface area (Å²) in [5.74, 6) is 1.21. The summed E-state index contributed by atoms with van der Waals surface area (Å²) in [6, 6.07) is 18.6. The molecule has 0 aliphatic heterocycles. The van der Waals surface area contributed by atoms with Crippen LogP contribution in [-0.4, -0.2) is 34.9 Å². The van der Waals surface area contributed by atoms with E-state index in [-0.39, 0.29) is 5.91 Å². The molecule has 0 spiro atoms. The van der Waals surface area contributed by atoms with Crippen molar-refractivity contribution in [1.29, 1.82) is 0 Å². The lowest BCUT2D eigenvalue weighted by atomic mass is 10.2. The maximum Gasteiger partial charge on any atom is 0.336 e. The molecule has 4 aromatic rings. The van der Waals surface area contributed by atoms with Crippen LogP contribution in [0.3, 0.4) is 0 Å². The molecule has 0 radical (unpaired) electrons. The summed E-state index contributed by atoms with van der Waals surface area (Å²) < 4.78 is 12.0. The Morgan fingerprint density at radius 2 is 1.76 bits per heavy atom. The van der Waals surface area contributed by atoms with Crippen molar-refractivity contribution < 1.29 is 14.3 Å². The fourth-order valence-electron chi connectivity index (χ4n) is 2.76. The molecule has 2 heterocycles. The largest absolute Gasteiger partial charge is 0.497 e. The normalized spacial score (nSPS) is 10.6. The number of carbonyl (C=O) groups excluding carboxylic acids is 1. The molecule has 0 aliphatic carbocycles. The molecule has 0 saturated heterocycles. The second-order valence-electron chi connectivity index (χ2n) is 6.04. The van der Waals surface area contributed by atoms with Crippen molar-refractivity contribution in [3.05, 3.63) is 71.6 Å². The molecular weight excluding hydrogens is 388 g/mol. The molecule has 0 bridgehead atoms. The van der Waals surface area contributed by atoms with Gasteiger partial charge in [-0.05, 0) is 60.0 Å². The number of amides is 1. The number of hydrogen-bond acceptors (Lipinski definition) is 6. The third-order valence-electron chi connectivity index (χ3n) is 4.23. The maximum absolute atomic E-state index is 12.4. The highest BCUT2D eigenvalue weighted by molar-refractivity contribution is 7.13. The summed E-state index contributed by atoms with van der Waals surface area (Å²) in [6.45, 7) is 0. The van der Waals surface area contributed by atoms with Crippen LogP contribution in [0.25, 0.3) is 16.4 Å². The molecule has 0 fully saturated rings. The van der Waals surface area contributed by atoms with Crippen molar-refractivity contribution >= 4 is 22.9 Å². The van der Waals surface area contributed by atoms with Gasteiger partial charge in [-0.2, -0.15) is 4.98 Å². The minimum absolute atomic E-state index is 0.192. The molecule has 2 aromatic carbocycles. The van der Waals surface area contributed by atoms with E-state index in [1.54, 1.807) is 47.4 Å². The van der Waals surface area contributed by atoms with Gasteiger partial charge in [0.1, 0.15) is 5.75 Å². The van der Waals surface area contributed by atoms with Crippen LogP contribution in [0.15, 0.2) is 66.0 Å². The van der Waals surface area contributed by atoms with Crippen LogP contribution in [-0.2, 0) is 0 Å². The van der Waals surface area contributed by atoms with Gasteiger partial charge in [-0.25, -0.2) is 4.68 Å². The molecule has 1 N–H and O–H groups in total. The van der Waals surface area contributed by atoms with Crippen molar-refractivity contribution in [2.45, 2.75) is 0 Å². The van der Waals surface area contributed by atoms with Gasteiger partial charge in [0.25, 0.3) is 5.91 Å². The van der Waals surface area contributed by atoms with Gasteiger partial charge in [-0.3, -0.25) is 4.79 Å². The quantitative estimate of drug-likeness (QED) is 0.517. The number of hydrogen-bond donors (Lipinski definition) is 1. The van der Waals surface area contributed by atoms with E-state index in [2.05, 4.69) is 15.4 Å². The molecule has 7 nitrogen and oxygen atoms in total. The summed E-state index contributed by atoms with van der Waals surface area (Å²) in [4.78, 5) is 17.8. The van der Waals surface area contributed by atoms with Gasteiger partial charge in [0.2, 0.25) is 0 Å². The molecule has 0 atom stereocenters. The van der Waals surface area contributed by atoms with Crippen molar-refractivity contribution in [2.24, 2.45) is 0 Å². The Morgan fingerprint density at radius 1 is 1.00 bits per heavy atom. The molecule has 0 unspecified atom stereocenters. The molecule has 146 valence electrons. The Balaban J connectivity index is 1.55. The number of thiophene rings is 1. The number of aromatic nitrogens is 3. The first kappa shape index (κ1) is 18.7. The van der Waals surface area contributed by atoms with E-state index in [1.807, 2.05) is 41.8 Å². The number of anilines is 1. The van der Waals surface area contributed by atoms with Crippen LogP contribution in [0.2, 0.25) is 0 Å². The van der Waals surface area contributed by atoms with Gasteiger partial charge in [0, 0.05) is 11.3 Å². The van der Waals surface area contributed by atoms with E-state index >= 15 is 0 Å². The average molecular weight is 406 g/mol. The van der Waals surface area contributed by atoms with E-state index < -0.39 is 0 Å². The van der Waals surface area contributed by atoms with Crippen LogP contribution < -0.4 is 14.8 Å². The number of benzene rings is 2. The molecule has 1 amide bonds. The Bertz CT molecular complexity index is 1100. The van der Waals surface area contributed by atoms with Gasteiger partial charge in [0.05, 0.1) is 24.8 Å². The van der Waals surface area contributed by atoms with Gasteiger partial charge in [-0.15, -0.1) is 16.4 Å². The minimum Gasteiger partial charge on any atom is -0.497 e. The topological polar surface area (TPSA) is 78.3 Å². The van der Waals surface area contributed by atoms with Crippen LogP contribution in [0.5, 0.6) is 11.8 Å². The number of methoxy groups -OCH3 is 2. The minimum atomic E-state index is -0.192. The second kappa shape index (κ2) is 8.15. The molecule has 4 rings (SSSR count). The van der Waals surface area contributed by atoms with Crippen molar-refractivity contribution in [2.75, 3.05) is 19.5 Å². The lowest BCUT2D eigenvalue weighted by molar-refractivity contribution is 0.102.